The Morgan fingerprint density at radius 1 is 0.879 bits per heavy atom. The molecule has 1 aliphatic rings. The lowest BCUT2D eigenvalue weighted by Crippen LogP contribution is -2.36. The number of ketones is 1. The van der Waals surface area contributed by atoms with Gasteiger partial charge in [0, 0.05) is 5.56 Å². The van der Waals surface area contributed by atoms with Gasteiger partial charge in [-0.3, -0.25) is 14.4 Å². The van der Waals surface area contributed by atoms with Crippen LogP contribution in [-0.4, -0.2) is 30.4 Å². The van der Waals surface area contributed by atoms with E-state index in [-0.39, 0.29) is 37.3 Å². The molecule has 0 spiro atoms. The molecule has 33 heavy (non-hydrogen) atoms. The molecule has 1 saturated carbocycles. The molecular weight excluding hydrogens is 416 g/mol. The van der Waals surface area contributed by atoms with Gasteiger partial charge in [0.05, 0.1) is 12.8 Å². The SMILES string of the molecule is CC(C)[C@@H]1CC[C@@H](C)C[C@@H]1OC(=O)CCC(=O)OCC(=O)c1ccc(-c2ccccc2)cc1. The number of carbonyl (C=O) groups is 3. The molecule has 0 amide bonds. The van der Waals surface area contributed by atoms with Crippen molar-refractivity contribution in [3.8, 4) is 11.1 Å². The van der Waals surface area contributed by atoms with Crippen molar-refractivity contribution in [3.05, 3.63) is 60.2 Å². The fraction of sp³-hybridized carbons (Fsp3) is 0.464. The van der Waals surface area contributed by atoms with Crippen LogP contribution in [0.1, 0.15) is 63.2 Å². The molecule has 1 fully saturated rings. The van der Waals surface area contributed by atoms with Gasteiger partial charge in [0.1, 0.15) is 6.10 Å². The van der Waals surface area contributed by atoms with Crippen molar-refractivity contribution in [2.75, 3.05) is 6.61 Å². The van der Waals surface area contributed by atoms with Crippen LogP contribution >= 0.6 is 0 Å². The number of rotatable bonds is 9. The van der Waals surface area contributed by atoms with Gasteiger partial charge in [0.2, 0.25) is 0 Å². The Kier molecular flexibility index (Phi) is 8.81. The minimum atomic E-state index is -0.571. The standard InChI is InChI=1S/C28H34O5/c1-19(2)24-14-9-20(3)17-26(24)33-28(31)16-15-27(30)32-18-25(29)23-12-10-22(11-13-23)21-7-5-4-6-8-21/h4-8,10-13,19-20,24,26H,9,14-18H2,1-3H3/t20-,24+,26+/m1/s1. The number of benzene rings is 2. The average molecular weight is 451 g/mol. The van der Waals surface area contributed by atoms with Crippen molar-refractivity contribution >= 4 is 17.7 Å². The number of ether oxygens (including phenoxy) is 2. The Bertz CT molecular complexity index is 933. The van der Waals surface area contributed by atoms with E-state index in [4.69, 9.17) is 9.47 Å². The summed E-state index contributed by atoms with van der Waals surface area (Å²) < 4.78 is 10.8. The fourth-order valence-electron chi connectivity index (χ4n) is 4.46. The molecule has 3 atom stereocenters. The normalized spacial score (nSPS) is 20.3. The minimum absolute atomic E-state index is 0.0332. The van der Waals surface area contributed by atoms with Crippen LogP contribution in [0.2, 0.25) is 0 Å². The van der Waals surface area contributed by atoms with Crippen molar-refractivity contribution in [3.63, 3.8) is 0 Å². The fourth-order valence-corrected chi connectivity index (χ4v) is 4.46. The highest BCUT2D eigenvalue weighted by Gasteiger charge is 2.33. The molecule has 3 rings (SSSR count). The maximum atomic E-state index is 12.4. The lowest BCUT2D eigenvalue weighted by atomic mass is 9.75. The van der Waals surface area contributed by atoms with E-state index in [1.807, 2.05) is 42.5 Å². The van der Waals surface area contributed by atoms with E-state index < -0.39 is 5.97 Å². The Morgan fingerprint density at radius 2 is 1.52 bits per heavy atom. The van der Waals surface area contributed by atoms with Crippen molar-refractivity contribution in [2.45, 2.75) is 59.0 Å². The van der Waals surface area contributed by atoms with Crippen molar-refractivity contribution in [1.82, 2.24) is 0 Å². The highest BCUT2D eigenvalue weighted by molar-refractivity contribution is 5.98. The maximum Gasteiger partial charge on any atom is 0.306 e. The van der Waals surface area contributed by atoms with Gasteiger partial charge in [-0.05, 0) is 41.7 Å². The molecule has 0 heterocycles. The summed E-state index contributed by atoms with van der Waals surface area (Å²) in [5, 5.41) is 0. The molecule has 0 N–H and O–H groups in total. The van der Waals surface area contributed by atoms with E-state index in [9.17, 15) is 14.4 Å². The monoisotopic (exact) mass is 450 g/mol. The van der Waals surface area contributed by atoms with Crippen LogP contribution in [0.5, 0.6) is 0 Å². The lowest BCUT2D eigenvalue weighted by Gasteiger charge is -2.36. The number of hydrogen-bond donors (Lipinski definition) is 0. The second-order valence-electron chi connectivity index (χ2n) is 9.38. The first-order valence-corrected chi connectivity index (χ1v) is 11.9. The molecule has 2 aromatic carbocycles. The lowest BCUT2D eigenvalue weighted by molar-refractivity contribution is -0.158. The van der Waals surface area contributed by atoms with Crippen LogP contribution in [0.3, 0.4) is 0 Å². The molecule has 0 unspecified atom stereocenters. The van der Waals surface area contributed by atoms with Gasteiger partial charge in [-0.15, -0.1) is 0 Å². The van der Waals surface area contributed by atoms with Crippen molar-refractivity contribution in [2.24, 2.45) is 17.8 Å². The van der Waals surface area contributed by atoms with Crippen molar-refractivity contribution < 1.29 is 23.9 Å². The third-order valence-electron chi connectivity index (χ3n) is 6.46. The molecule has 5 nitrogen and oxygen atoms in total. The summed E-state index contributed by atoms with van der Waals surface area (Å²) in [4.78, 5) is 36.7. The second kappa shape index (κ2) is 11.8. The molecule has 0 aromatic heterocycles. The summed E-state index contributed by atoms with van der Waals surface area (Å²) in [6.07, 6.45) is 2.89. The summed E-state index contributed by atoms with van der Waals surface area (Å²) in [7, 11) is 0. The molecule has 1 aliphatic carbocycles. The predicted octanol–water partition coefficient (Wildman–Crippen LogP) is 5.86. The summed E-state index contributed by atoms with van der Waals surface area (Å²) in [5.74, 6) is 0.131. The zero-order valence-corrected chi connectivity index (χ0v) is 19.8. The average Bonchev–Trinajstić information content (AvgIpc) is 2.81. The third-order valence-corrected chi connectivity index (χ3v) is 6.46. The molecule has 2 aromatic rings. The summed E-state index contributed by atoms with van der Waals surface area (Å²) in [6.45, 7) is 6.16. The van der Waals surface area contributed by atoms with Crippen LogP contribution in [0.15, 0.2) is 54.6 Å². The molecule has 176 valence electrons. The largest absolute Gasteiger partial charge is 0.462 e. The molecular formula is C28H34O5. The third kappa shape index (κ3) is 7.28. The van der Waals surface area contributed by atoms with Gasteiger partial charge in [0.25, 0.3) is 0 Å². The molecule has 0 radical (unpaired) electrons. The maximum absolute atomic E-state index is 12.4. The van der Waals surface area contributed by atoms with Gasteiger partial charge >= 0.3 is 11.9 Å². The first-order valence-electron chi connectivity index (χ1n) is 11.9. The number of hydrogen-bond acceptors (Lipinski definition) is 5. The molecule has 0 saturated heterocycles. The smallest absolute Gasteiger partial charge is 0.306 e. The zero-order valence-electron chi connectivity index (χ0n) is 19.8. The van der Waals surface area contributed by atoms with Crippen LogP contribution in [0, 0.1) is 17.8 Å². The number of esters is 2. The van der Waals surface area contributed by atoms with E-state index >= 15 is 0 Å². The topological polar surface area (TPSA) is 69.7 Å². The van der Waals surface area contributed by atoms with Crippen LogP contribution < -0.4 is 0 Å². The van der Waals surface area contributed by atoms with Crippen LogP contribution in [-0.2, 0) is 19.1 Å². The first-order chi connectivity index (χ1) is 15.8. The van der Waals surface area contributed by atoms with E-state index in [0.29, 0.717) is 23.3 Å². The molecule has 0 bridgehead atoms. The summed E-state index contributed by atoms with van der Waals surface area (Å²) >= 11 is 0. The zero-order chi connectivity index (χ0) is 23.8. The van der Waals surface area contributed by atoms with Gasteiger partial charge in [-0.1, -0.05) is 81.8 Å². The van der Waals surface area contributed by atoms with E-state index in [1.54, 1.807) is 12.1 Å². The first kappa shape index (κ1) is 24.7. The number of Topliss-reactive ketones (excluding diaryl/α,β-unsaturated/α-hetero) is 1. The Labute approximate surface area is 196 Å². The Hall–Kier alpha value is -2.95. The van der Waals surface area contributed by atoms with E-state index in [2.05, 4.69) is 20.8 Å². The van der Waals surface area contributed by atoms with Crippen molar-refractivity contribution in [1.29, 1.82) is 0 Å². The second-order valence-corrected chi connectivity index (χ2v) is 9.38. The number of carbonyl (C=O) groups excluding carboxylic acids is 3. The van der Waals surface area contributed by atoms with Gasteiger partial charge in [-0.25, -0.2) is 0 Å². The highest BCUT2D eigenvalue weighted by atomic mass is 16.5. The quantitative estimate of drug-likeness (QED) is 0.353. The van der Waals surface area contributed by atoms with Gasteiger partial charge in [0.15, 0.2) is 12.4 Å². The van der Waals surface area contributed by atoms with Crippen LogP contribution in [0.25, 0.3) is 11.1 Å². The van der Waals surface area contributed by atoms with Gasteiger partial charge in [-0.2, -0.15) is 0 Å². The predicted molar refractivity (Wildman–Crippen MR) is 128 cm³/mol. The Morgan fingerprint density at radius 3 is 2.18 bits per heavy atom. The Balaban J connectivity index is 1.41. The summed E-state index contributed by atoms with van der Waals surface area (Å²) in [5.41, 5.74) is 2.56. The molecule has 5 heteroatoms. The summed E-state index contributed by atoms with van der Waals surface area (Å²) in [6, 6.07) is 17.1. The minimum Gasteiger partial charge on any atom is -0.462 e. The highest BCUT2D eigenvalue weighted by Crippen LogP contribution is 2.35. The van der Waals surface area contributed by atoms with Gasteiger partial charge < -0.3 is 9.47 Å². The molecule has 0 aliphatic heterocycles. The van der Waals surface area contributed by atoms with E-state index in [1.165, 1.54) is 0 Å². The van der Waals surface area contributed by atoms with E-state index in [0.717, 1.165) is 30.4 Å². The van der Waals surface area contributed by atoms with Crippen LogP contribution in [0.4, 0.5) is 0 Å².